The monoisotopic (exact) mass is 534 g/mol. The van der Waals surface area contributed by atoms with Crippen molar-refractivity contribution < 1.29 is 18.7 Å². The molecule has 7 heteroatoms. The third-order valence-corrected chi connectivity index (χ3v) is 7.02. The highest BCUT2D eigenvalue weighted by Gasteiger charge is 2.16. The van der Waals surface area contributed by atoms with Crippen LogP contribution in [0.15, 0.2) is 69.6 Å². The summed E-state index contributed by atoms with van der Waals surface area (Å²) in [7, 11) is 1.62. The molecule has 1 heterocycles. The van der Waals surface area contributed by atoms with Crippen molar-refractivity contribution in [1.82, 2.24) is 4.98 Å². The molecule has 1 fully saturated rings. The Hall–Kier alpha value is -3.32. The van der Waals surface area contributed by atoms with Gasteiger partial charge in [-0.1, -0.05) is 31.4 Å². The van der Waals surface area contributed by atoms with Crippen LogP contribution in [0.2, 0.25) is 0 Å². The largest absolute Gasteiger partial charge is 0.496 e. The number of ether oxygens (including phenoxy) is 2. The number of nitrogens with one attached hydrogen (secondary N) is 1. The average molecular weight is 535 g/mol. The van der Waals surface area contributed by atoms with Crippen molar-refractivity contribution in [2.45, 2.75) is 38.0 Å². The van der Waals surface area contributed by atoms with E-state index in [1.54, 1.807) is 25.3 Å². The molecule has 1 amide bonds. The Kier molecular flexibility index (Phi) is 7.04. The van der Waals surface area contributed by atoms with Crippen LogP contribution in [0, 0.1) is 0 Å². The number of carbonyl (C=O) groups excluding carboxylic acids is 1. The maximum absolute atomic E-state index is 12.5. The highest BCUT2D eigenvalue weighted by molar-refractivity contribution is 9.10. The van der Waals surface area contributed by atoms with Gasteiger partial charge in [0.05, 0.1) is 11.6 Å². The van der Waals surface area contributed by atoms with Gasteiger partial charge >= 0.3 is 0 Å². The lowest BCUT2D eigenvalue weighted by atomic mass is 9.84. The van der Waals surface area contributed by atoms with E-state index in [0.29, 0.717) is 34.3 Å². The van der Waals surface area contributed by atoms with E-state index < -0.39 is 0 Å². The fourth-order valence-corrected chi connectivity index (χ4v) is 5.09. The van der Waals surface area contributed by atoms with E-state index in [2.05, 4.69) is 38.4 Å². The Bertz CT molecular complexity index is 1330. The second-order valence-corrected chi connectivity index (χ2v) is 9.65. The molecule has 0 bridgehead atoms. The van der Waals surface area contributed by atoms with Crippen LogP contribution in [0.4, 0.5) is 5.69 Å². The maximum atomic E-state index is 12.5. The molecule has 0 spiro atoms. The third kappa shape index (κ3) is 5.51. The molecule has 1 aliphatic carbocycles. The lowest BCUT2D eigenvalue weighted by molar-refractivity contribution is -0.118. The Morgan fingerprint density at radius 3 is 2.60 bits per heavy atom. The molecule has 4 aromatic rings. The first kappa shape index (κ1) is 23.4. The van der Waals surface area contributed by atoms with Gasteiger partial charge in [-0.3, -0.25) is 4.79 Å². The van der Waals surface area contributed by atoms with Crippen molar-refractivity contribution in [2.24, 2.45) is 0 Å². The summed E-state index contributed by atoms with van der Waals surface area (Å²) >= 11 is 3.49. The summed E-state index contributed by atoms with van der Waals surface area (Å²) in [6, 6.07) is 19.2. The van der Waals surface area contributed by atoms with Gasteiger partial charge in [-0.15, -0.1) is 0 Å². The summed E-state index contributed by atoms with van der Waals surface area (Å²) in [6.45, 7) is -0.0647. The standard InChI is InChI=1S/C28H27BrN2O4/c1-33-25-13-9-20(15-23(25)29)28-31-24-16-21(10-14-26(24)35-28)30-27(32)17-34-22-11-7-19(8-12-22)18-5-3-2-4-6-18/h7-16,18H,2-6,17H2,1H3,(H,30,32). The SMILES string of the molecule is COc1ccc(-c2nc3cc(NC(=O)COc4ccc(C5CCCCC5)cc4)ccc3o2)cc1Br. The number of fused-ring (bicyclic) bond motifs is 1. The fraction of sp³-hybridized carbons (Fsp3) is 0.286. The van der Waals surface area contributed by atoms with Gasteiger partial charge in [-0.2, -0.15) is 0 Å². The minimum atomic E-state index is -0.233. The van der Waals surface area contributed by atoms with E-state index in [0.717, 1.165) is 15.8 Å². The van der Waals surface area contributed by atoms with E-state index in [4.69, 9.17) is 13.9 Å². The number of halogens is 1. The first-order valence-electron chi connectivity index (χ1n) is 11.9. The van der Waals surface area contributed by atoms with Gasteiger partial charge in [0.15, 0.2) is 12.2 Å². The molecular formula is C28H27BrN2O4. The lowest BCUT2D eigenvalue weighted by Gasteiger charge is -2.22. The first-order valence-corrected chi connectivity index (χ1v) is 12.7. The summed E-state index contributed by atoms with van der Waals surface area (Å²) in [5.74, 6) is 2.34. The van der Waals surface area contributed by atoms with Gasteiger partial charge in [0.2, 0.25) is 5.89 Å². The third-order valence-electron chi connectivity index (χ3n) is 6.40. The van der Waals surface area contributed by atoms with E-state index >= 15 is 0 Å². The van der Waals surface area contributed by atoms with Gasteiger partial charge in [-0.25, -0.2) is 4.98 Å². The van der Waals surface area contributed by atoms with Crippen molar-refractivity contribution >= 4 is 38.6 Å². The second-order valence-electron chi connectivity index (χ2n) is 8.79. The van der Waals surface area contributed by atoms with Gasteiger partial charge in [0.25, 0.3) is 5.91 Å². The molecule has 1 aliphatic rings. The van der Waals surface area contributed by atoms with Crippen LogP contribution in [0.5, 0.6) is 11.5 Å². The molecule has 3 aromatic carbocycles. The number of amides is 1. The highest BCUT2D eigenvalue weighted by atomic mass is 79.9. The van der Waals surface area contributed by atoms with Crippen LogP contribution in [0.1, 0.15) is 43.6 Å². The fourth-order valence-electron chi connectivity index (χ4n) is 4.55. The molecule has 5 rings (SSSR count). The summed E-state index contributed by atoms with van der Waals surface area (Å²) in [6.07, 6.45) is 6.49. The van der Waals surface area contributed by atoms with Crippen molar-refractivity contribution in [2.75, 3.05) is 19.0 Å². The zero-order valence-corrected chi connectivity index (χ0v) is 21.1. The Labute approximate surface area is 212 Å². The van der Waals surface area contributed by atoms with Crippen LogP contribution < -0.4 is 14.8 Å². The zero-order valence-electron chi connectivity index (χ0n) is 19.6. The lowest BCUT2D eigenvalue weighted by Crippen LogP contribution is -2.20. The van der Waals surface area contributed by atoms with Crippen LogP contribution in [-0.2, 0) is 4.79 Å². The predicted octanol–water partition coefficient (Wildman–Crippen LogP) is 7.33. The average Bonchev–Trinajstić information content (AvgIpc) is 3.32. The first-order chi connectivity index (χ1) is 17.1. The molecule has 0 radical (unpaired) electrons. The van der Waals surface area contributed by atoms with E-state index in [-0.39, 0.29) is 12.5 Å². The van der Waals surface area contributed by atoms with Crippen molar-refractivity contribution in [3.63, 3.8) is 0 Å². The van der Waals surface area contributed by atoms with Crippen molar-refractivity contribution in [3.8, 4) is 23.0 Å². The second kappa shape index (κ2) is 10.5. The molecule has 0 saturated heterocycles. The summed E-state index contributed by atoms with van der Waals surface area (Å²) in [4.78, 5) is 17.0. The quantitative estimate of drug-likeness (QED) is 0.268. The molecular weight excluding hydrogens is 508 g/mol. The van der Waals surface area contributed by atoms with Crippen LogP contribution in [0.3, 0.4) is 0 Å². The van der Waals surface area contributed by atoms with Gasteiger partial charge in [-0.05, 0) is 88.8 Å². The molecule has 1 aromatic heterocycles. The number of oxazole rings is 1. The number of benzene rings is 3. The smallest absolute Gasteiger partial charge is 0.262 e. The predicted molar refractivity (Wildman–Crippen MR) is 140 cm³/mol. The van der Waals surface area contributed by atoms with E-state index in [1.165, 1.54) is 37.7 Å². The number of anilines is 1. The molecule has 35 heavy (non-hydrogen) atoms. The number of rotatable bonds is 7. The maximum Gasteiger partial charge on any atom is 0.262 e. The Balaban J connectivity index is 1.20. The van der Waals surface area contributed by atoms with Crippen LogP contribution in [0.25, 0.3) is 22.6 Å². The van der Waals surface area contributed by atoms with Crippen molar-refractivity contribution in [1.29, 1.82) is 0 Å². The Morgan fingerprint density at radius 2 is 1.86 bits per heavy atom. The summed E-state index contributed by atoms with van der Waals surface area (Å²) in [5.41, 5.74) is 4.11. The molecule has 1 N–H and O–H groups in total. The molecule has 1 saturated carbocycles. The molecule has 0 unspecified atom stereocenters. The number of carbonyl (C=O) groups is 1. The zero-order chi connectivity index (χ0) is 24.2. The number of hydrogen-bond donors (Lipinski definition) is 1. The van der Waals surface area contributed by atoms with E-state index in [9.17, 15) is 4.79 Å². The summed E-state index contributed by atoms with van der Waals surface area (Å²) < 4.78 is 17.7. The topological polar surface area (TPSA) is 73.6 Å². The number of nitrogens with zero attached hydrogens (tertiary/aromatic N) is 1. The molecule has 0 aliphatic heterocycles. The minimum absolute atomic E-state index is 0.0647. The van der Waals surface area contributed by atoms with Gasteiger partial charge in [0, 0.05) is 11.3 Å². The van der Waals surface area contributed by atoms with Crippen molar-refractivity contribution in [3.05, 3.63) is 70.7 Å². The van der Waals surface area contributed by atoms with Crippen LogP contribution >= 0.6 is 15.9 Å². The van der Waals surface area contributed by atoms with Crippen LogP contribution in [-0.4, -0.2) is 24.6 Å². The minimum Gasteiger partial charge on any atom is -0.496 e. The Morgan fingerprint density at radius 1 is 1.06 bits per heavy atom. The van der Waals surface area contributed by atoms with Gasteiger partial charge in [0.1, 0.15) is 17.0 Å². The highest BCUT2D eigenvalue weighted by Crippen LogP contribution is 2.34. The van der Waals surface area contributed by atoms with Gasteiger partial charge < -0.3 is 19.2 Å². The molecule has 0 atom stereocenters. The number of methoxy groups -OCH3 is 1. The molecule has 180 valence electrons. The molecule has 6 nitrogen and oxygen atoms in total. The van der Waals surface area contributed by atoms with E-state index in [1.807, 2.05) is 30.3 Å². The normalized spacial score (nSPS) is 14.1. The number of aromatic nitrogens is 1. The summed E-state index contributed by atoms with van der Waals surface area (Å²) in [5, 5.41) is 2.87. The number of hydrogen-bond acceptors (Lipinski definition) is 5.